The van der Waals surface area contributed by atoms with Crippen molar-refractivity contribution in [2.75, 3.05) is 6.61 Å². The molecular weight excluding hydrogens is 260 g/mol. The van der Waals surface area contributed by atoms with Gasteiger partial charge in [0.1, 0.15) is 0 Å². The highest BCUT2D eigenvalue weighted by Gasteiger charge is 2.10. The van der Waals surface area contributed by atoms with Crippen LogP contribution in [-0.2, 0) is 6.54 Å². The lowest BCUT2D eigenvalue weighted by Gasteiger charge is -2.03. The van der Waals surface area contributed by atoms with Crippen LogP contribution in [0.25, 0.3) is 10.9 Å². The molecule has 0 bridgehead atoms. The molecule has 0 aliphatic heterocycles. The summed E-state index contributed by atoms with van der Waals surface area (Å²) < 4.78 is 7.60. The SMILES string of the molecule is CC.CCOc1nn(Cc2ccccc2)c2ccccc12. The third-order valence-corrected chi connectivity index (χ3v) is 3.08. The number of aromatic nitrogens is 2. The lowest BCUT2D eigenvalue weighted by molar-refractivity contribution is 0.325. The van der Waals surface area contributed by atoms with Crippen LogP contribution in [0.2, 0.25) is 0 Å². The Kier molecular flexibility index (Phi) is 5.38. The number of hydrogen-bond donors (Lipinski definition) is 0. The summed E-state index contributed by atoms with van der Waals surface area (Å²) in [6.07, 6.45) is 0. The van der Waals surface area contributed by atoms with E-state index in [0.29, 0.717) is 12.5 Å². The number of ether oxygens (including phenoxy) is 1. The lowest BCUT2D eigenvalue weighted by Crippen LogP contribution is -2.02. The van der Waals surface area contributed by atoms with Gasteiger partial charge in [0.25, 0.3) is 0 Å². The van der Waals surface area contributed by atoms with Crippen LogP contribution < -0.4 is 4.74 Å². The van der Waals surface area contributed by atoms with Crippen LogP contribution in [0.3, 0.4) is 0 Å². The third-order valence-electron chi connectivity index (χ3n) is 3.08. The molecule has 0 N–H and O–H groups in total. The molecular formula is C18H22N2O. The van der Waals surface area contributed by atoms with Gasteiger partial charge in [-0.25, -0.2) is 0 Å². The fraction of sp³-hybridized carbons (Fsp3) is 0.278. The van der Waals surface area contributed by atoms with Crippen LogP contribution >= 0.6 is 0 Å². The van der Waals surface area contributed by atoms with E-state index in [9.17, 15) is 0 Å². The molecule has 2 aromatic carbocycles. The van der Waals surface area contributed by atoms with Gasteiger partial charge in [-0.15, -0.1) is 5.10 Å². The van der Waals surface area contributed by atoms with E-state index in [1.165, 1.54) is 5.56 Å². The zero-order chi connectivity index (χ0) is 15.1. The van der Waals surface area contributed by atoms with Crippen molar-refractivity contribution in [3.63, 3.8) is 0 Å². The van der Waals surface area contributed by atoms with Gasteiger partial charge in [0.05, 0.1) is 24.1 Å². The van der Waals surface area contributed by atoms with Gasteiger partial charge in [0.2, 0.25) is 5.88 Å². The van der Waals surface area contributed by atoms with Crippen molar-refractivity contribution in [2.45, 2.75) is 27.3 Å². The first-order chi connectivity index (χ1) is 10.4. The largest absolute Gasteiger partial charge is 0.476 e. The maximum Gasteiger partial charge on any atom is 0.240 e. The van der Waals surface area contributed by atoms with Gasteiger partial charge in [0.15, 0.2) is 0 Å². The van der Waals surface area contributed by atoms with Crippen molar-refractivity contribution in [3.05, 3.63) is 60.2 Å². The van der Waals surface area contributed by atoms with Crippen molar-refractivity contribution >= 4 is 10.9 Å². The number of hydrogen-bond acceptors (Lipinski definition) is 2. The number of fused-ring (bicyclic) bond motifs is 1. The molecule has 3 nitrogen and oxygen atoms in total. The maximum atomic E-state index is 5.61. The van der Waals surface area contributed by atoms with E-state index in [1.54, 1.807) is 0 Å². The molecule has 110 valence electrons. The minimum atomic E-state index is 0.631. The fourth-order valence-corrected chi connectivity index (χ4v) is 2.22. The summed E-state index contributed by atoms with van der Waals surface area (Å²) in [7, 11) is 0. The Balaban J connectivity index is 0.000000774. The zero-order valence-corrected chi connectivity index (χ0v) is 12.9. The molecule has 21 heavy (non-hydrogen) atoms. The average molecular weight is 282 g/mol. The number of rotatable bonds is 4. The first kappa shape index (κ1) is 15.1. The first-order valence-electron chi connectivity index (χ1n) is 7.50. The highest BCUT2D eigenvalue weighted by molar-refractivity contribution is 5.84. The van der Waals surface area contributed by atoms with E-state index in [1.807, 2.05) is 55.8 Å². The normalized spacial score (nSPS) is 10.0. The summed E-state index contributed by atoms with van der Waals surface area (Å²) in [5.74, 6) is 0.717. The molecule has 3 rings (SSSR count). The van der Waals surface area contributed by atoms with Gasteiger partial charge >= 0.3 is 0 Å². The second-order valence-corrected chi connectivity index (χ2v) is 4.40. The molecule has 0 amide bonds. The van der Waals surface area contributed by atoms with E-state index in [2.05, 4.69) is 29.4 Å². The Morgan fingerprint density at radius 1 is 0.952 bits per heavy atom. The highest BCUT2D eigenvalue weighted by Crippen LogP contribution is 2.25. The topological polar surface area (TPSA) is 27.1 Å². The Labute approximate surface area is 126 Å². The van der Waals surface area contributed by atoms with Crippen LogP contribution in [0.1, 0.15) is 26.3 Å². The van der Waals surface area contributed by atoms with Crippen molar-refractivity contribution < 1.29 is 4.74 Å². The Bertz CT molecular complexity index is 674. The molecule has 1 heterocycles. The Hall–Kier alpha value is -2.29. The van der Waals surface area contributed by atoms with Crippen LogP contribution in [0.5, 0.6) is 5.88 Å². The van der Waals surface area contributed by atoms with Gasteiger partial charge < -0.3 is 4.74 Å². The van der Waals surface area contributed by atoms with E-state index in [4.69, 9.17) is 4.74 Å². The molecule has 1 aromatic heterocycles. The maximum absolute atomic E-state index is 5.61. The highest BCUT2D eigenvalue weighted by atomic mass is 16.5. The molecule has 0 fully saturated rings. The van der Waals surface area contributed by atoms with Crippen LogP contribution in [0.4, 0.5) is 0 Å². The number of benzene rings is 2. The molecule has 0 saturated heterocycles. The van der Waals surface area contributed by atoms with Gasteiger partial charge in [-0.1, -0.05) is 56.3 Å². The summed E-state index contributed by atoms with van der Waals surface area (Å²) in [6, 6.07) is 18.5. The predicted molar refractivity (Wildman–Crippen MR) is 87.8 cm³/mol. The van der Waals surface area contributed by atoms with Gasteiger partial charge in [-0.05, 0) is 24.6 Å². The minimum Gasteiger partial charge on any atom is -0.476 e. The van der Waals surface area contributed by atoms with E-state index in [0.717, 1.165) is 17.4 Å². The number of para-hydroxylation sites is 1. The van der Waals surface area contributed by atoms with Gasteiger partial charge in [-0.3, -0.25) is 4.68 Å². The average Bonchev–Trinajstić information content (AvgIpc) is 2.89. The minimum absolute atomic E-state index is 0.631. The Morgan fingerprint density at radius 2 is 1.62 bits per heavy atom. The molecule has 0 unspecified atom stereocenters. The van der Waals surface area contributed by atoms with Crippen LogP contribution in [0.15, 0.2) is 54.6 Å². The predicted octanol–water partition coefficient (Wildman–Crippen LogP) is 4.51. The van der Waals surface area contributed by atoms with Crippen LogP contribution in [-0.4, -0.2) is 16.4 Å². The third kappa shape index (κ3) is 3.43. The summed E-state index contributed by atoms with van der Waals surface area (Å²) in [5, 5.41) is 5.64. The first-order valence-corrected chi connectivity index (χ1v) is 7.50. The van der Waals surface area contributed by atoms with Crippen LogP contribution in [0, 0.1) is 0 Å². The Morgan fingerprint density at radius 3 is 2.33 bits per heavy atom. The van der Waals surface area contributed by atoms with Crippen molar-refractivity contribution in [1.82, 2.24) is 9.78 Å². The quantitative estimate of drug-likeness (QED) is 0.704. The standard InChI is InChI=1S/C16H16N2O.C2H6/c1-2-19-16-14-10-6-7-11-15(14)18(17-16)12-13-8-4-3-5-9-13;1-2/h3-11H,2,12H2,1H3;1-2H3. The van der Waals surface area contributed by atoms with Gasteiger partial charge in [-0.2, -0.15) is 0 Å². The monoisotopic (exact) mass is 282 g/mol. The second kappa shape index (κ2) is 7.48. The molecule has 3 heteroatoms. The molecule has 0 spiro atoms. The lowest BCUT2D eigenvalue weighted by atomic mass is 10.2. The second-order valence-electron chi connectivity index (χ2n) is 4.40. The molecule has 3 aromatic rings. The number of nitrogens with zero attached hydrogens (tertiary/aromatic N) is 2. The van der Waals surface area contributed by atoms with Crippen molar-refractivity contribution in [1.29, 1.82) is 0 Å². The summed E-state index contributed by atoms with van der Waals surface area (Å²) in [6.45, 7) is 7.37. The van der Waals surface area contributed by atoms with Gasteiger partial charge in [0, 0.05) is 0 Å². The van der Waals surface area contributed by atoms with Crippen molar-refractivity contribution in [3.8, 4) is 5.88 Å². The van der Waals surface area contributed by atoms with Crippen molar-refractivity contribution in [2.24, 2.45) is 0 Å². The molecule has 0 aliphatic carbocycles. The zero-order valence-electron chi connectivity index (χ0n) is 12.9. The molecule has 0 radical (unpaired) electrons. The molecule has 0 saturated carbocycles. The summed E-state index contributed by atoms with van der Waals surface area (Å²) in [4.78, 5) is 0. The smallest absolute Gasteiger partial charge is 0.240 e. The molecule has 0 atom stereocenters. The fourth-order valence-electron chi connectivity index (χ4n) is 2.22. The van der Waals surface area contributed by atoms with E-state index < -0.39 is 0 Å². The summed E-state index contributed by atoms with van der Waals surface area (Å²) >= 11 is 0. The van der Waals surface area contributed by atoms with E-state index in [-0.39, 0.29) is 0 Å². The summed E-state index contributed by atoms with van der Waals surface area (Å²) in [5.41, 5.74) is 2.34. The molecule has 0 aliphatic rings. The van der Waals surface area contributed by atoms with E-state index >= 15 is 0 Å².